The number of fused-ring (bicyclic) bond motifs is 10. The second-order valence-electron chi connectivity index (χ2n) is 13.8. The highest BCUT2D eigenvalue weighted by Crippen LogP contribution is 2.43. The molecule has 244 valence electrons. The molecule has 0 atom stereocenters. The molecule has 0 radical (unpaired) electrons. The summed E-state index contributed by atoms with van der Waals surface area (Å²) in [5, 5.41) is 7.65. The van der Waals surface area contributed by atoms with Crippen molar-refractivity contribution in [3.8, 4) is 16.8 Å². The standard InChI is InChI=1S/C49H33N3/c1-32-14-4-3-13-27-50(35-15-5-2-6-16-35)44-26-24-36(31-41(32)44)51-45-20-10-7-17-37(45)40-25-23-33(30-48(40)51)34-28-42-38-18-8-11-21-46(38)52-47-22-12-9-19-39(47)43(29-34)49(42)52/h2-26,28-31H,1,27H2/b13-3-,14-4-. The van der Waals surface area contributed by atoms with Gasteiger partial charge in [0.15, 0.2) is 0 Å². The number of nitrogens with zero attached hydrogens (tertiary/aromatic N) is 3. The minimum absolute atomic E-state index is 0.766. The van der Waals surface area contributed by atoms with Crippen LogP contribution in [0.2, 0.25) is 0 Å². The van der Waals surface area contributed by atoms with Gasteiger partial charge < -0.3 is 13.9 Å². The van der Waals surface area contributed by atoms with Gasteiger partial charge >= 0.3 is 0 Å². The van der Waals surface area contributed by atoms with Crippen LogP contribution in [0, 0.1) is 0 Å². The number of anilines is 2. The Kier molecular flexibility index (Phi) is 6.17. The predicted molar refractivity (Wildman–Crippen MR) is 222 cm³/mol. The Bertz CT molecular complexity index is 3030. The third-order valence-electron chi connectivity index (χ3n) is 11.0. The van der Waals surface area contributed by atoms with Crippen LogP contribution in [0.25, 0.3) is 82.3 Å². The van der Waals surface area contributed by atoms with Crippen LogP contribution >= 0.6 is 0 Å². The summed E-state index contributed by atoms with van der Waals surface area (Å²) in [6, 6.07) is 55.7. The molecule has 0 fully saturated rings. The normalized spacial score (nSPS) is 14.8. The van der Waals surface area contributed by atoms with E-state index in [0.29, 0.717) is 0 Å². The van der Waals surface area contributed by atoms with E-state index in [4.69, 9.17) is 0 Å². The van der Waals surface area contributed by atoms with Gasteiger partial charge in [-0.3, -0.25) is 0 Å². The van der Waals surface area contributed by atoms with Gasteiger partial charge in [0.1, 0.15) is 0 Å². The van der Waals surface area contributed by atoms with Gasteiger partial charge in [0.05, 0.1) is 27.6 Å². The number of allylic oxidation sites excluding steroid dienone is 4. The molecule has 4 heterocycles. The van der Waals surface area contributed by atoms with Gasteiger partial charge in [0, 0.05) is 61.5 Å². The largest absolute Gasteiger partial charge is 0.337 e. The summed E-state index contributed by atoms with van der Waals surface area (Å²) >= 11 is 0. The summed E-state index contributed by atoms with van der Waals surface area (Å²) in [5.74, 6) is 0. The molecule has 10 aromatic rings. The molecule has 0 saturated heterocycles. The van der Waals surface area contributed by atoms with Crippen molar-refractivity contribution in [2.45, 2.75) is 0 Å². The molecule has 3 heteroatoms. The van der Waals surface area contributed by atoms with Crippen molar-refractivity contribution >= 4 is 76.8 Å². The van der Waals surface area contributed by atoms with Gasteiger partial charge in [-0.25, -0.2) is 0 Å². The SMILES string of the molecule is C=C1/C=C\C=C/CN(c2ccccc2)c2ccc(-n3c4ccccc4c4ccc(-c5cc6c7ccccc7n7c8ccccc8c(c5)c67)cc43)cc21. The van der Waals surface area contributed by atoms with Gasteiger partial charge in [0.25, 0.3) is 0 Å². The van der Waals surface area contributed by atoms with Crippen LogP contribution < -0.4 is 4.90 Å². The Hall–Kier alpha value is -6.84. The molecule has 11 rings (SSSR count). The average molecular weight is 664 g/mol. The quantitative estimate of drug-likeness (QED) is 0.183. The van der Waals surface area contributed by atoms with Crippen LogP contribution in [0.1, 0.15) is 5.56 Å². The molecule has 0 unspecified atom stereocenters. The van der Waals surface area contributed by atoms with Gasteiger partial charge in [-0.2, -0.15) is 0 Å². The fraction of sp³-hybridized carbons (Fsp3) is 0.0204. The summed E-state index contributed by atoms with van der Waals surface area (Å²) < 4.78 is 4.88. The minimum atomic E-state index is 0.766. The molecule has 1 aliphatic heterocycles. The lowest BCUT2D eigenvalue weighted by molar-refractivity contribution is 1.09. The molecule has 0 bridgehead atoms. The van der Waals surface area contributed by atoms with Gasteiger partial charge in [-0.15, -0.1) is 0 Å². The Morgan fingerprint density at radius 2 is 1.10 bits per heavy atom. The number of para-hydroxylation sites is 4. The zero-order valence-electron chi connectivity index (χ0n) is 28.5. The topological polar surface area (TPSA) is 12.6 Å². The average Bonchev–Trinajstić information content (AvgIpc) is 3.85. The summed E-state index contributed by atoms with van der Waals surface area (Å²) in [6.07, 6.45) is 8.53. The number of hydrogen-bond acceptors (Lipinski definition) is 1. The lowest BCUT2D eigenvalue weighted by Crippen LogP contribution is -2.18. The number of benzene rings is 7. The zero-order chi connectivity index (χ0) is 34.3. The Balaban J connectivity index is 1.15. The fourth-order valence-corrected chi connectivity index (χ4v) is 8.66. The van der Waals surface area contributed by atoms with Crippen LogP contribution in [-0.2, 0) is 0 Å². The molecule has 0 N–H and O–H groups in total. The maximum Gasteiger partial charge on any atom is 0.0620 e. The first-order chi connectivity index (χ1) is 25.7. The zero-order valence-corrected chi connectivity index (χ0v) is 28.5. The summed E-state index contributed by atoms with van der Waals surface area (Å²) in [5.41, 5.74) is 14.1. The van der Waals surface area contributed by atoms with E-state index < -0.39 is 0 Å². The highest BCUT2D eigenvalue weighted by Gasteiger charge is 2.21. The van der Waals surface area contributed by atoms with E-state index in [2.05, 4.69) is 196 Å². The maximum atomic E-state index is 4.55. The molecule has 7 aromatic carbocycles. The predicted octanol–water partition coefficient (Wildman–Crippen LogP) is 12.9. The number of rotatable bonds is 3. The van der Waals surface area contributed by atoms with E-state index in [9.17, 15) is 0 Å². The van der Waals surface area contributed by atoms with Crippen molar-refractivity contribution in [2.24, 2.45) is 0 Å². The molecule has 1 aliphatic rings. The van der Waals surface area contributed by atoms with E-state index in [-0.39, 0.29) is 0 Å². The van der Waals surface area contributed by atoms with E-state index in [1.165, 1.54) is 71.0 Å². The Labute approximate surface area is 301 Å². The minimum Gasteiger partial charge on any atom is -0.337 e. The van der Waals surface area contributed by atoms with Crippen LogP contribution in [0.3, 0.4) is 0 Å². The van der Waals surface area contributed by atoms with E-state index in [1.54, 1.807) is 0 Å². The fourth-order valence-electron chi connectivity index (χ4n) is 8.66. The molecule has 0 saturated carbocycles. The van der Waals surface area contributed by atoms with E-state index in [1.807, 2.05) is 0 Å². The van der Waals surface area contributed by atoms with Crippen molar-refractivity contribution in [3.05, 3.63) is 188 Å². The van der Waals surface area contributed by atoms with Crippen LogP contribution in [-0.4, -0.2) is 15.5 Å². The van der Waals surface area contributed by atoms with E-state index in [0.717, 1.165) is 34.7 Å². The monoisotopic (exact) mass is 663 g/mol. The lowest BCUT2D eigenvalue weighted by atomic mass is 9.98. The lowest BCUT2D eigenvalue weighted by Gasteiger charge is -2.27. The second-order valence-corrected chi connectivity index (χ2v) is 13.8. The first-order valence-corrected chi connectivity index (χ1v) is 17.9. The van der Waals surface area contributed by atoms with Gasteiger partial charge in [-0.05, 0) is 83.4 Å². The van der Waals surface area contributed by atoms with Crippen LogP contribution in [0.5, 0.6) is 0 Å². The molecule has 0 spiro atoms. The van der Waals surface area contributed by atoms with Crippen LogP contribution in [0.4, 0.5) is 11.4 Å². The molecule has 3 nitrogen and oxygen atoms in total. The van der Waals surface area contributed by atoms with Crippen molar-refractivity contribution in [2.75, 3.05) is 11.4 Å². The molecular weight excluding hydrogens is 631 g/mol. The summed E-state index contributed by atoms with van der Waals surface area (Å²) in [7, 11) is 0. The van der Waals surface area contributed by atoms with Gasteiger partial charge in [0.2, 0.25) is 0 Å². The van der Waals surface area contributed by atoms with Crippen molar-refractivity contribution in [1.29, 1.82) is 0 Å². The van der Waals surface area contributed by atoms with E-state index >= 15 is 0 Å². The highest BCUT2D eigenvalue weighted by atomic mass is 15.1. The van der Waals surface area contributed by atoms with Crippen molar-refractivity contribution in [1.82, 2.24) is 8.97 Å². The third-order valence-corrected chi connectivity index (χ3v) is 11.0. The third kappa shape index (κ3) is 4.14. The Morgan fingerprint density at radius 3 is 1.83 bits per heavy atom. The maximum absolute atomic E-state index is 4.55. The first kappa shape index (κ1) is 28.9. The van der Waals surface area contributed by atoms with Crippen LogP contribution in [0.15, 0.2) is 183 Å². The molecule has 52 heavy (non-hydrogen) atoms. The smallest absolute Gasteiger partial charge is 0.0620 e. The molecular formula is C49H33N3. The second kappa shape index (κ2) is 11.1. The highest BCUT2D eigenvalue weighted by molar-refractivity contribution is 6.24. The Morgan fingerprint density at radius 1 is 0.462 bits per heavy atom. The summed E-state index contributed by atoms with van der Waals surface area (Å²) in [6.45, 7) is 5.31. The molecule has 3 aromatic heterocycles. The first-order valence-electron chi connectivity index (χ1n) is 17.9. The summed E-state index contributed by atoms with van der Waals surface area (Å²) in [4.78, 5) is 2.37. The van der Waals surface area contributed by atoms with Crippen molar-refractivity contribution in [3.63, 3.8) is 0 Å². The number of aromatic nitrogens is 2. The molecule has 0 amide bonds. The number of hydrogen-bond donors (Lipinski definition) is 0. The van der Waals surface area contributed by atoms with Crippen molar-refractivity contribution < 1.29 is 0 Å². The molecule has 0 aliphatic carbocycles. The van der Waals surface area contributed by atoms with Gasteiger partial charge in [-0.1, -0.05) is 116 Å².